The van der Waals surface area contributed by atoms with Gasteiger partial charge in [0.25, 0.3) is 0 Å². The predicted octanol–water partition coefficient (Wildman–Crippen LogP) is 0.335. The second-order valence-corrected chi connectivity index (χ2v) is 5.06. The lowest BCUT2D eigenvalue weighted by molar-refractivity contribution is -0.132. The molecule has 0 unspecified atom stereocenters. The van der Waals surface area contributed by atoms with Crippen LogP contribution >= 0.6 is 0 Å². The lowest BCUT2D eigenvalue weighted by atomic mass is 10.2. The summed E-state index contributed by atoms with van der Waals surface area (Å²) in [5.74, 6) is -0.521. The molecular weight excluding hydrogens is 258 g/mol. The van der Waals surface area contributed by atoms with Gasteiger partial charge in [0.05, 0.1) is 5.52 Å². The van der Waals surface area contributed by atoms with Crippen molar-refractivity contribution in [3.05, 3.63) is 34.3 Å². The maximum Gasteiger partial charge on any atom is 0.420 e. The maximum atomic E-state index is 12.2. The highest BCUT2D eigenvalue weighted by Crippen LogP contribution is 2.14. The van der Waals surface area contributed by atoms with Crippen LogP contribution in [-0.4, -0.2) is 41.6 Å². The molecule has 1 amide bonds. The van der Waals surface area contributed by atoms with Gasteiger partial charge in [-0.2, -0.15) is 0 Å². The number of amides is 1. The Morgan fingerprint density at radius 1 is 1.35 bits per heavy atom. The highest BCUT2D eigenvalue weighted by atomic mass is 16.4. The van der Waals surface area contributed by atoms with E-state index >= 15 is 0 Å². The minimum atomic E-state index is -0.478. The number of carbonyl (C=O) groups is 1. The zero-order valence-corrected chi connectivity index (χ0v) is 11.4. The highest BCUT2D eigenvalue weighted by Gasteiger charge is 2.19. The van der Waals surface area contributed by atoms with Crippen LogP contribution in [0.2, 0.25) is 0 Å². The number of fused-ring (bicyclic) bond motifs is 1. The molecule has 1 N–H and O–H groups in total. The molecule has 0 saturated carbocycles. The van der Waals surface area contributed by atoms with E-state index < -0.39 is 5.76 Å². The molecule has 0 spiro atoms. The molecule has 1 aliphatic rings. The number of hydrogen-bond donors (Lipinski definition) is 1. The summed E-state index contributed by atoms with van der Waals surface area (Å²) in [6.45, 7) is 4.94. The van der Waals surface area contributed by atoms with Crippen molar-refractivity contribution < 1.29 is 9.21 Å². The van der Waals surface area contributed by atoms with Gasteiger partial charge in [0.15, 0.2) is 5.58 Å². The predicted molar refractivity (Wildman–Crippen MR) is 74.7 cm³/mol. The molecule has 106 valence electrons. The molecule has 0 atom stereocenters. The molecule has 1 saturated heterocycles. The van der Waals surface area contributed by atoms with Gasteiger partial charge in [-0.15, -0.1) is 0 Å². The van der Waals surface area contributed by atoms with Crippen LogP contribution in [0.3, 0.4) is 0 Å². The van der Waals surface area contributed by atoms with Gasteiger partial charge in [-0.3, -0.25) is 9.36 Å². The number of aryl methyl sites for hydroxylation is 1. The van der Waals surface area contributed by atoms with E-state index in [-0.39, 0.29) is 12.5 Å². The third kappa shape index (κ3) is 2.34. The SMILES string of the molecule is Cc1ccc2oc(=O)n(CC(=O)N3CCNCC3)c2c1. The number of piperazine rings is 1. The number of rotatable bonds is 2. The van der Waals surface area contributed by atoms with Crippen molar-refractivity contribution in [3.63, 3.8) is 0 Å². The fourth-order valence-electron chi connectivity index (χ4n) is 2.47. The van der Waals surface area contributed by atoms with E-state index in [1.165, 1.54) is 4.57 Å². The second kappa shape index (κ2) is 5.13. The van der Waals surface area contributed by atoms with Crippen molar-refractivity contribution in [3.8, 4) is 0 Å². The van der Waals surface area contributed by atoms with Crippen LogP contribution in [0.5, 0.6) is 0 Å². The molecular formula is C14H17N3O3. The fraction of sp³-hybridized carbons (Fsp3) is 0.429. The van der Waals surface area contributed by atoms with E-state index in [1.54, 1.807) is 11.0 Å². The van der Waals surface area contributed by atoms with Crippen LogP contribution < -0.4 is 11.1 Å². The molecule has 1 aliphatic heterocycles. The van der Waals surface area contributed by atoms with Crippen LogP contribution in [0.1, 0.15) is 5.56 Å². The van der Waals surface area contributed by atoms with Crippen molar-refractivity contribution in [1.29, 1.82) is 0 Å². The number of nitrogens with one attached hydrogen (secondary N) is 1. The Labute approximate surface area is 116 Å². The molecule has 1 aromatic heterocycles. The topological polar surface area (TPSA) is 67.5 Å². The van der Waals surface area contributed by atoms with E-state index in [0.717, 1.165) is 18.7 Å². The van der Waals surface area contributed by atoms with Gasteiger partial charge in [0.1, 0.15) is 6.54 Å². The maximum absolute atomic E-state index is 12.2. The molecule has 0 bridgehead atoms. The van der Waals surface area contributed by atoms with Crippen LogP contribution in [-0.2, 0) is 11.3 Å². The standard InChI is InChI=1S/C14H17N3O3/c1-10-2-3-12-11(8-10)17(14(19)20-12)9-13(18)16-6-4-15-5-7-16/h2-3,8,15H,4-7,9H2,1H3. The number of carbonyl (C=O) groups excluding carboxylic acids is 1. The summed E-state index contributed by atoms with van der Waals surface area (Å²) in [6.07, 6.45) is 0. The van der Waals surface area contributed by atoms with Crippen molar-refractivity contribution in [2.45, 2.75) is 13.5 Å². The highest BCUT2D eigenvalue weighted by molar-refractivity contribution is 5.80. The average molecular weight is 275 g/mol. The summed E-state index contributed by atoms with van der Waals surface area (Å²) < 4.78 is 6.58. The summed E-state index contributed by atoms with van der Waals surface area (Å²) in [7, 11) is 0. The zero-order valence-electron chi connectivity index (χ0n) is 11.4. The third-order valence-electron chi connectivity index (χ3n) is 3.59. The summed E-state index contributed by atoms with van der Waals surface area (Å²) in [4.78, 5) is 25.9. The Balaban J connectivity index is 1.90. The quantitative estimate of drug-likeness (QED) is 0.858. The lowest BCUT2D eigenvalue weighted by Gasteiger charge is -2.27. The number of hydrogen-bond acceptors (Lipinski definition) is 4. The molecule has 0 aliphatic carbocycles. The van der Waals surface area contributed by atoms with E-state index in [9.17, 15) is 9.59 Å². The van der Waals surface area contributed by atoms with Crippen LogP contribution in [0.4, 0.5) is 0 Å². The van der Waals surface area contributed by atoms with Crippen molar-refractivity contribution in [2.24, 2.45) is 0 Å². The molecule has 2 aromatic rings. The van der Waals surface area contributed by atoms with Gasteiger partial charge in [0, 0.05) is 26.2 Å². The van der Waals surface area contributed by atoms with Gasteiger partial charge >= 0.3 is 5.76 Å². The van der Waals surface area contributed by atoms with Crippen molar-refractivity contribution >= 4 is 17.0 Å². The molecule has 1 fully saturated rings. The zero-order chi connectivity index (χ0) is 14.1. The minimum absolute atomic E-state index is 0.0370. The van der Waals surface area contributed by atoms with Crippen molar-refractivity contribution in [1.82, 2.24) is 14.8 Å². The Hall–Kier alpha value is -2.08. The first-order valence-electron chi connectivity index (χ1n) is 6.73. The monoisotopic (exact) mass is 275 g/mol. The molecule has 20 heavy (non-hydrogen) atoms. The van der Waals surface area contributed by atoms with Crippen molar-refractivity contribution in [2.75, 3.05) is 26.2 Å². The van der Waals surface area contributed by atoms with Gasteiger partial charge in [-0.05, 0) is 24.6 Å². The van der Waals surface area contributed by atoms with Crippen LogP contribution in [0.25, 0.3) is 11.1 Å². The Bertz CT molecular complexity index is 695. The van der Waals surface area contributed by atoms with E-state index in [4.69, 9.17) is 4.42 Å². The number of aromatic nitrogens is 1. The third-order valence-corrected chi connectivity index (χ3v) is 3.59. The first kappa shape index (κ1) is 12.9. The smallest absolute Gasteiger partial charge is 0.408 e. The number of nitrogens with zero attached hydrogens (tertiary/aromatic N) is 2. The number of benzene rings is 1. The van der Waals surface area contributed by atoms with Gasteiger partial charge in [-0.25, -0.2) is 4.79 Å². The van der Waals surface area contributed by atoms with Gasteiger partial charge < -0.3 is 14.6 Å². The Kier molecular flexibility index (Phi) is 3.31. The largest absolute Gasteiger partial charge is 0.420 e. The summed E-state index contributed by atoms with van der Waals surface area (Å²) >= 11 is 0. The Morgan fingerprint density at radius 2 is 2.10 bits per heavy atom. The summed E-state index contributed by atoms with van der Waals surface area (Å²) in [5.41, 5.74) is 2.23. The molecule has 3 rings (SSSR count). The average Bonchev–Trinajstić information content (AvgIpc) is 2.76. The number of oxazole rings is 1. The van der Waals surface area contributed by atoms with E-state index in [0.29, 0.717) is 24.2 Å². The second-order valence-electron chi connectivity index (χ2n) is 5.06. The molecule has 0 radical (unpaired) electrons. The van der Waals surface area contributed by atoms with Crippen LogP contribution in [0, 0.1) is 6.92 Å². The van der Waals surface area contributed by atoms with Crippen LogP contribution in [0.15, 0.2) is 27.4 Å². The van der Waals surface area contributed by atoms with Gasteiger partial charge in [-0.1, -0.05) is 6.07 Å². The van der Waals surface area contributed by atoms with E-state index in [2.05, 4.69) is 5.32 Å². The molecule has 6 heteroatoms. The first-order valence-corrected chi connectivity index (χ1v) is 6.73. The normalized spacial score (nSPS) is 15.8. The summed E-state index contributed by atoms with van der Waals surface area (Å²) in [5, 5.41) is 3.20. The molecule has 6 nitrogen and oxygen atoms in total. The fourth-order valence-corrected chi connectivity index (χ4v) is 2.47. The van der Waals surface area contributed by atoms with Gasteiger partial charge in [0.2, 0.25) is 5.91 Å². The lowest BCUT2D eigenvalue weighted by Crippen LogP contribution is -2.47. The Morgan fingerprint density at radius 3 is 2.85 bits per heavy atom. The van der Waals surface area contributed by atoms with E-state index in [1.807, 2.05) is 19.1 Å². The first-order chi connectivity index (χ1) is 9.65. The summed E-state index contributed by atoms with van der Waals surface area (Å²) in [6, 6.07) is 5.51. The minimum Gasteiger partial charge on any atom is -0.408 e. The molecule has 2 heterocycles. The molecule has 1 aromatic carbocycles.